The highest BCUT2D eigenvalue weighted by atomic mass is 16.2. The maximum absolute atomic E-state index is 12.0. The molecule has 92 valence electrons. The summed E-state index contributed by atoms with van der Waals surface area (Å²) < 4.78 is 0. The molecule has 1 aliphatic heterocycles. The Balaban J connectivity index is 2.16. The fraction of sp³-hybridized carbons (Fsp3) is 0.500. The van der Waals surface area contributed by atoms with Crippen LogP contribution < -0.4 is 5.32 Å². The van der Waals surface area contributed by atoms with Crippen LogP contribution in [0.1, 0.15) is 32.0 Å². The Bertz CT molecular complexity index is 388. The van der Waals surface area contributed by atoms with Gasteiger partial charge >= 0.3 is 0 Å². The smallest absolute Gasteiger partial charge is 0.238 e. The van der Waals surface area contributed by atoms with Crippen LogP contribution in [0.3, 0.4) is 0 Å². The lowest BCUT2D eigenvalue weighted by molar-refractivity contribution is -0.121. The average Bonchev–Trinajstić information content (AvgIpc) is 2.58. The Hall–Kier alpha value is -1.35. The quantitative estimate of drug-likeness (QED) is 0.866. The maximum Gasteiger partial charge on any atom is 0.238 e. The minimum absolute atomic E-state index is 0.000191. The van der Waals surface area contributed by atoms with Crippen molar-refractivity contribution in [3.05, 3.63) is 35.9 Å². The lowest BCUT2D eigenvalue weighted by atomic mass is 10.0. The summed E-state index contributed by atoms with van der Waals surface area (Å²) in [6.07, 6.45) is 0.929. The van der Waals surface area contributed by atoms with E-state index in [1.165, 1.54) is 0 Å². The van der Waals surface area contributed by atoms with Gasteiger partial charge in [-0.2, -0.15) is 0 Å². The van der Waals surface area contributed by atoms with Crippen molar-refractivity contribution in [1.82, 2.24) is 10.2 Å². The third-order valence-electron chi connectivity index (χ3n) is 3.29. The van der Waals surface area contributed by atoms with Gasteiger partial charge in [-0.1, -0.05) is 44.2 Å². The predicted molar refractivity (Wildman–Crippen MR) is 68.3 cm³/mol. The summed E-state index contributed by atoms with van der Waals surface area (Å²) in [4.78, 5) is 14.1. The minimum Gasteiger partial charge on any atom is -0.335 e. The first-order valence-electron chi connectivity index (χ1n) is 6.17. The Morgan fingerprint density at radius 2 is 1.94 bits per heavy atom. The fourth-order valence-electron chi connectivity index (χ4n) is 2.37. The Morgan fingerprint density at radius 1 is 1.29 bits per heavy atom. The fourth-order valence-corrected chi connectivity index (χ4v) is 2.37. The van der Waals surface area contributed by atoms with E-state index in [0.29, 0.717) is 5.92 Å². The molecule has 1 fully saturated rings. The molecular weight excluding hydrogens is 212 g/mol. The van der Waals surface area contributed by atoms with Crippen molar-refractivity contribution in [3.63, 3.8) is 0 Å². The van der Waals surface area contributed by atoms with Crippen LogP contribution >= 0.6 is 0 Å². The molecule has 0 unspecified atom stereocenters. The van der Waals surface area contributed by atoms with Crippen molar-refractivity contribution in [2.75, 3.05) is 7.05 Å². The summed E-state index contributed by atoms with van der Waals surface area (Å²) in [5.74, 6) is 0.678. The Kier molecular flexibility index (Phi) is 3.48. The normalized spacial score (nSPS) is 25.3. The third kappa shape index (κ3) is 2.50. The first kappa shape index (κ1) is 12.1. The number of nitrogens with one attached hydrogen (secondary N) is 1. The molecule has 17 heavy (non-hydrogen) atoms. The number of carbonyl (C=O) groups excluding carboxylic acids is 1. The molecule has 1 saturated heterocycles. The second-order valence-electron chi connectivity index (χ2n) is 5.13. The van der Waals surface area contributed by atoms with E-state index in [4.69, 9.17) is 0 Å². The van der Waals surface area contributed by atoms with E-state index in [-0.39, 0.29) is 18.1 Å². The molecule has 1 N–H and O–H groups in total. The summed E-state index contributed by atoms with van der Waals surface area (Å²) in [5.41, 5.74) is 1.15. The van der Waals surface area contributed by atoms with Gasteiger partial charge in [0.05, 0.1) is 6.04 Å². The number of nitrogens with zero attached hydrogens (tertiary/aromatic N) is 1. The zero-order valence-corrected chi connectivity index (χ0v) is 10.7. The highest BCUT2D eigenvalue weighted by Gasteiger charge is 2.37. The van der Waals surface area contributed by atoms with Crippen molar-refractivity contribution >= 4 is 5.91 Å². The molecule has 3 heteroatoms. The van der Waals surface area contributed by atoms with Gasteiger partial charge < -0.3 is 5.32 Å². The molecule has 1 aliphatic rings. The van der Waals surface area contributed by atoms with Gasteiger partial charge in [-0.25, -0.2) is 0 Å². The van der Waals surface area contributed by atoms with Gasteiger partial charge in [-0.3, -0.25) is 9.69 Å². The van der Waals surface area contributed by atoms with Crippen LogP contribution in [0.25, 0.3) is 0 Å². The molecule has 1 heterocycles. The Morgan fingerprint density at radius 3 is 2.53 bits per heavy atom. The molecule has 1 aromatic carbocycles. The molecule has 0 aromatic heterocycles. The molecule has 2 atom stereocenters. The highest BCUT2D eigenvalue weighted by molar-refractivity contribution is 5.84. The zero-order valence-electron chi connectivity index (χ0n) is 10.7. The highest BCUT2D eigenvalue weighted by Crippen LogP contribution is 2.27. The number of hydrogen-bond donors (Lipinski definition) is 1. The van der Waals surface area contributed by atoms with Crippen molar-refractivity contribution in [3.8, 4) is 0 Å². The Labute approximate surface area is 103 Å². The van der Waals surface area contributed by atoms with Crippen molar-refractivity contribution < 1.29 is 4.79 Å². The standard InChI is InChI=1S/C14H20N2O/c1-10(2)9-12-14(17)15-13(16(12)3)11-7-5-4-6-8-11/h4-8,10,12-13H,9H2,1-3H3,(H,15,17)/t12-,13+/m0/s1. The predicted octanol–water partition coefficient (Wildman–Crippen LogP) is 2.16. The minimum atomic E-state index is 0.000191. The molecule has 0 aliphatic carbocycles. The van der Waals surface area contributed by atoms with Crippen LogP contribution in [0.5, 0.6) is 0 Å². The molecule has 0 radical (unpaired) electrons. The van der Waals surface area contributed by atoms with Crippen LogP contribution in [-0.2, 0) is 4.79 Å². The van der Waals surface area contributed by atoms with Crippen LogP contribution in [0, 0.1) is 5.92 Å². The van der Waals surface area contributed by atoms with Crippen molar-refractivity contribution in [2.45, 2.75) is 32.5 Å². The second-order valence-corrected chi connectivity index (χ2v) is 5.13. The summed E-state index contributed by atoms with van der Waals surface area (Å²) in [5, 5.41) is 3.06. The third-order valence-corrected chi connectivity index (χ3v) is 3.29. The van der Waals surface area contributed by atoms with E-state index < -0.39 is 0 Å². The molecule has 2 rings (SSSR count). The number of hydrogen-bond acceptors (Lipinski definition) is 2. The monoisotopic (exact) mass is 232 g/mol. The molecule has 0 bridgehead atoms. The van der Waals surface area contributed by atoms with E-state index in [0.717, 1.165) is 12.0 Å². The van der Waals surface area contributed by atoms with Crippen LogP contribution in [-0.4, -0.2) is 23.9 Å². The first-order valence-corrected chi connectivity index (χ1v) is 6.17. The number of rotatable bonds is 3. The number of likely N-dealkylation sites (N-methyl/N-ethyl adjacent to an activating group) is 1. The number of amides is 1. The lowest BCUT2D eigenvalue weighted by Gasteiger charge is -2.24. The van der Waals surface area contributed by atoms with E-state index in [1.54, 1.807) is 0 Å². The maximum atomic E-state index is 12.0. The van der Waals surface area contributed by atoms with Crippen molar-refractivity contribution in [2.24, 2.45) is 5.92 Å². The van der Waals surface area contributed by atoms with Gasteiger partial charge in [0.15, 0.2) is 0 Å². The summed E-state index contributed by atoms with van der Waals surface area (Å²) in [7, 11) is 2.02. The second kappa shape index (κ2) is 4.88. The average molecular weight is 232 g/mol. The van der Waals surface area contributed by atoms with Gasteiger partial charge in [-0.15, -0.1) is 0 Å². The van der Waals surface area contributed by atoms with Gasteiger partial charge in [0, 0.05) is 0 Å². The van der Waals surface area contributed by atoms with Crippen LogP contribution in [0.4, 0.5) is 0 Å². The van der Waals surface area contributed by atoms with Crippen molar-refractivity contribution in [1.29, 1.82) is 0 Å². The topological polar surface area (TPSA) is 32.3 Å². The summed E-state index contributed by atoms with van der Waals surface area (Å²) >= 11 is 0. The lowest BCUT2D eigenvalue weighted by Crippen LogP contribution is -2.32. The van der Waals surface area contributed by atoms with Crippen LogP contribution in [0.15, 0.2) is 30.3 Å². The molecule has 3 nitrogen and oxygen atoms in total. The van der Waals surface area contributed by atoms with Gasteiger partial charge in [0.2, 0.25) is 5.91 Å². The van der Waals surface area contributed by atoms with Gasteiger partial charge in [0.1, 0.15) is 6.17 Å². The molecule has 0 spiro atoms. The molecule has 1 aromatic rings. The van der Waals surface area contributed by atoms with E-state index in [2.05, 4.69) is 36.2 Å². The summed E-state index contributed by atoms with van der Waals surface area (Å²) in [6, 6.07) is 10.1. The summed E-state index contributed by atoms with van der Waals surface area (Å²) in [6.45, 7) is 4.30. The molecular formula is C14H20N2O. The van der Waals surface area contributed by atoms with Gasteiger partial charge in [-0.05, 0) is 24.9 Å². The number of benzene rings is 1. The zero-order chi connectivity index (χ0) is 12.4. The van der Waals surface area contributed by atoms with Crippen LogP contribution in [0.2, 0.25) is 0 Å². The van der Waals surface area contributed by atoms with Gasteiger partial charge in [0.25, 0.3) is 0 Å². The number of carbonyl (C=O) groups is 1. The molecule has 0 saturated carbocycles. The van der Waals surface area contributed by atoms with E-state index >= 15 is 0 Å². The van der Waals surface area contributed by atoms with E-state index in [9.17, 15) is 4.79 Å². The molecule has 1 amide bonds. The SMILES string of the molecule is CC(C)C[C@H]1C(=O)N[C@@H](c2ccccc2)N1C. The largest absolute Gasteiger partial charge is 0.335 e. The first-order chi connectivity index (χ1) is 8.09. The van der Waals surface area contributed by atoms with E-state index in [1.807, 2.05) is 25.2 Å².